The highest BCUT2D eigenvalue weighted by molar-refractivity contribution is 4.74. The summed E-state index contributed by atoms with van der Waals surface area (Å²) in [4.78, 5) is 0. The van der Waals surface area contributed by atoms with Crippen molar-refractivity contribution in [1.82, 2.24) is 5.32 Å². The van der Waals surface area contributed by atoms with Crippen LogP contribution in [0.25, 0.3) is 0 Å². The predicted molar refractivity (Wildman–Crippen MR) is 42.4 cm³/mol. The van der Waals surface area contributed by atoms with Crippen molar-refractivity contribution in [2.75, 3.05) is 19.7 Å². The fraction of sp³-hybridized carbons (Fsp3) is 1.00. The fourth-order valence-corrected chi connectivity index (χ4v) is 1.06. The summed E-state index contributed by atoms with van der Waals surface area (Å²) in [5.41, 5.74) is 0. The lowest BCUT2D eigenvalue weighted by Crippen LogP contribution is -2.42. The van der Waals surface area contributed by atoms with Crippen molar-refractivity contribution in [3.63, 3.8) is 0 Å². The van der Waals surface area contributed by atoms with E-state index in [4.69, 9.17) is 0 Å². The Kier molecular flexibility index (Phi) is 3.55. The SMILES string of the molecule is CC(OCCC1CNC1)C(F)(F)F. The van der Waals surface area contributed by atoms with E-state index < -0.39 is 12.3 Å². The fourth-order valence-electron chi connectivity index (χ4n) is 1.06. The number of nitrogens with one attached hydrogen (secondary N) is 1. The van der Waals surface area contributed by atoms with Gasteiger partial charge in [-0.2, -0.15) is 13.2 Å². The Balaban J connectivity index is 2.04. The summed E-state index contributed by atoms with van der Waals surface area (Å²) in [5, 5.41) is 3.05. The summed E-state index contributed by atoms with van der Waals surface area (Å²) < 4.78 is 40.5. The number of halogens is 3. The standard InChI is InChI=1S/C8H14F3NO/c1-6(8(9,10)11)13-3-2-7-4-12-5-7/h6-7,12H,2-5H2,1H3. The molecule has 1 unspecified atom stereocenters. The van der Waals surface area contributed by atoms with Crippen LogP contribution in [-0.2, 0) is 4.74 Å². The van der Waals surface area contributed by atoms with E-state index >= 15 is 0 Å². The van der Waals surface area contributed by atoms with Crippen molar-refractivity contribution >= 4 is 0 Å². The molecule has 1 aliphatic heterocycles. The van der Waals surface area contributed by atoms with Gasteiger partial charge in [-0.1, -0.05) is 0 Å². The van der Waals surface area contributed by atoms with Crippen molar-refractivity contribution in [3.05, 3.63) is 0 Å². The first-order valence-corrected chi connectivity index (χ1v) is 4.39. The summed E-state index contributed by atoms with van der Waals surface area (Å²) in [6.45, 7) is 3.06. The van der Waals surface area contributed by atoms with E-state index in [1.54, 1.807) is 0 Å². The van der Waals surface area contributed by atoms with Crippen LogP contribution < -0.4 is 5.32 Å². The third-order valence-corrected chi connectivity index (χ3v) is 2.22. The van der Waals surface area contributed by atoms with Crippen molar-refractivity contribution in [3.8, 4) is 0 Å². The molecule has 1 rings (SSSR count). The zero-order valence-corrected chi connectivity index (χ0v) is 7.53. The average Bonchev–Trinajstić information content (AvgIpc) is 1.91. The maximum Gasteiger partial charge on any atom is 0.414 e. The topological polar surface area (TPSA) is 21.3 Å². The molecule has 1 atom stereocenters. The minimum absolute atomic E-state index is 0.201. The van der Waals surface area contributed by atoms with Gasteiger partial charge in [0.25, 0.3) is 0 Å². The first kappa shape index (κ1) is 10.8. The second-order valence-corrected chi connectivity index (χ2v) is 3.37. The molecule has 1 N–H and O–H groups in total. The van der Waals surface area contributed by atoms with Crippen LogP contribution in [0.5, 0.6) is 0 Å². The van der Waals surface area contributed by atoms with Crippen LogP contribution in [0.15, 0.2) is 0 Å². The van der Waals surface area contributed by atoms with Crippen LogP contribution in [0.4, 0.5) is 13.2 Å². The van der Waals surface area contributed by atoms with Crippen LogP contribution in [0.2, 0.25) is 0 Å². The van der Waals surface area contributed by atoms with Gasteiger partial charge in [0.05, 0.1) is 0 Å². The average molecular weight is 197 g/mol. The number of hydrogen-bond donors (Lipinski definition) is 1. The van der Waals surface area contributed by atoms with Crippen molar-refractivity contribution in [2.24, 2.45) is 5.92 Å². The zero-order valence-electron chi connectivity index (χ0n) is 7.53. The highest BCUT2D eigenvalue weighted by atomic mass is 19.4. The molecule has 0 bridgehead atoms. The van der Waals surface area contributed by atoms with Crippen LogP contribution >= 0.6 is 0 Å². The van der Waals surface area contributed by atoms with E-state index in [-0.39, 0.29) is 6.61 Å². The van der Waals surface area contributed by atoms with Gasteiger partial charge in [0.15, 0.2) is 6.10 Å². The van der Waals surface area contributed by atoms with Gasteiger partial charge in [0, 0.05) is 6.61 Å². The molecule has 0 amide bonds. The van der Waals surface area contributed by atoms with Gasteiger partial charge >= 0.3 is 6.18 Å². The molecule has 78 valence electrons. The molecule has 2 nitrogen and oxygen atoms in total. The molecule has 0 aromatic heterocycles. The summed E-state index contributed by atoms with van der Waals surface area (Å²) in [6.07, 6.45) is -5.15. The Hall–Kier alpha value is -0.290. The molecular formula is C8H14F3NO. The monoisotopic (exact) mass is 197 g/mol. The third-order valence-electron chi connectivity index (χ3n) is 2.22. The molecule has 1 saturated heterocycles. The molecule has 0 spiro atoms. The molecule has 0 radical (unpaired) electrons. The predicted octanol–water partition coefficient (Wildman–Crippen LogP) is 1.56. The molecular weight excluding hydrogens is 183 g/mol. The number of alkyl halides is 3. The highest BCUT2D eigenvalue weighted by Crippen LogP contribution is 2.22. The lowest BCUT2D eigenvalue weighted by atomic mass is 10.0. The minimum Gasteiger partial charge on any atom is -0.369 e. The van der Waals surface area contributed by atoms with E-state index in [1.807, 2.05) is 0 Å². The van der Waals surface area contributed by atoms with E-state index in [0.717, 1.165) is 20.0 Å². The molecule has 0 aromatic carbocycles. The van der Waals surface area contributed by atoms with Gasteiger partial charge in [0.2, 0.25) is 0 Å². The number of ether oxygens (including phenoxy) is 1. The van der Waals surface area contributed by atoms with E-state index in [2.05, 4.69) is 10.1 Å². The van der Waals surface area contributed by atoms with Gasteiger partial charge in [-0.25, -0.2) is 0 Å². The lowest BCUT2D eigenvalue weighted by molar-refractivity contribution is -0.215. The van der Waals surface area contributed by atoms with Gasteiger partial charge in [-0.3, -0.25) is 0 Å². The molecule has 0 aromatic rings. The maximum atomic E-state index is 11.9. The van der Waals surface area contributed by atoms with Crippen LogP contribution in [0.1, 0.15) is 13.3 Å². The first-order chi connectivity index (χ1) is 6.00. The smallest absolute Gasteiger partial charge is 0.369 e. The Morgan fingerprint density at radius 3 is 2.46 bits per heavy atom. The second-order valence-electron chi connectivity index (χ2n) is 3.37. The number of rotatable bonds is 4. The molecule has 1 aliphatic rings. The largest absolute Gasteiger partial charge is 0.414 e. The van der Waals surface area contributed by atoms with E-state index in [9.17, 15) is 13.2 Å². The quantitative estimate of drug-likeness (QED) is 0.738. The summed E-state index contributed by atoms with van der Waals surface area (Å²) in [7, 11) is 0. The van der Waals surface area contributed by atoms with Crippen molar-refractivity contribution in [1.29, 1.82) is 0 Å². The normalized spacial score (nSPS) is 21.2. The Labute approximate surface area is 75.4 Å². The molecule has 0 saturated carbocycles. The van der Waals surface area contributed by atoms with Crippen molar-refractivity contribution < 1.29 is 17.9 Å². The summed E-state index contributed by atoms with van der Waals surface area (Å²) >= 11 is 0. The Bertz CT molecular complexity index is 156. The van der Waals surface area contributed by atoms with Gasteiger partial charge in [-0.15, -0.1) is 0 Å². The van der Waals surface area contributed by atoms with E-state index in [0.29, 0.717) is 12.3 Å². The van der Waals surface area contributed by atoms with Gasteiger partial charge < -0.3 is 10.1 Å². The van der Waals surface area contributed by atoms with Crippen molar-refractivity contribution in [2.45, 2.75) is 25.6 Å². The van der Waals surface area contributed by atoms with Crippen LogP contribution in [0.3, 0.4) is 0 Å². The number of hydrogen-bond acceptors (Lipinski definition) is 2. The third kappa shape index (κ3) is 3.52. The second kappa shape index (κ2) is 4.28. The van der Waals surface area contributed by atoms with Crippen LogP contribution in [-0.4, -0.2) is 32.0 Å². The van der Waals surface area contributed by atoms with Gasteiger partial charge in [0.1, 0.15) is 0 Å². The van der Waals surface area contributed by atoms with Gasteiger partial charge in [-0.05, 0) is 32.4 Å². The maximum absolute atomic E-state index is 11.9. The lowest BCUT2D eigenvalue weighted by Gasteiger charge is -2.27. The zero-order chi connectivity index (χ0) is 9.90. The summed E-state index contributed by atoms with van der Waals surface area (Å²) in [6, 6.07) is 0. The molecule has 1 fully saturated rings. The highest BCUT2D eigenvalue weighted by Gasteiger charge is 2.36. The Morgan fingerprint density at radius 1 is 1.46 bits per heavy atom. The van der Waals surface area contributed by atoms with Crippen LogP contribution in [0, 0.1) is 5.92 Å². The molecule has 1 heterocycles. The first-order valence-electron chi connectivity index (χ1n) is 4.39. The molecule has 0 aliphatic carbocycles. The molecule has 5 heteroatoms. The molecule has 13 heavy (non-hydrogen) atoms. The minimum atomic E-state index is -4.22. The van der Waals surface area contributed by atoms with E-state index in [1.165, 1.54) is 0 Å². The Morgan fingerprint density at radius 2 is 2.08 bits per heavy atom. The summed E-state index contributed by atoms with van der Waals surface area (Å²) in [5.74, 6) is 0.500.